The summed E-state index contributed by atoms with van der Waals surface area (Å²) in [7, 11) is 2.16. The Morgan fingerprint density at radius 2 is 2.30 bits per heavy atom. The Kier molecular flexibility index (Phi) is 5.11. The number of fused-ring (bicyclic) bond motifs is 1. The first-order valence-corrected chi connectivity index (χ1v) is 10.2. The third kappa shape index (κ3) is 3.10. The van der Waals surface area contributed by atoms with Crippen LogP contribution in [-0.2, 0) is 12.2 Å². The molecular formula is C17H27NS2. The van der Waals surface area contributed by atoms with Crippen molar-refractivity contribution in [2.24, 2.45) is 11.8 Å². The molecule has 1 nitrogen and oxygen atoms in total. The average molecular weight is 310 g/mol. The van der Waals surface area contributed by atoms with Gasteiger partial charge in [0.05, 0.1) is 0 Å². The molecule has 0 amide bonds. The fourth-order valence-electron chi connectivity index (χ4n) is 3.94. The zero-order valence-electron chi connectivity index (χ0n) is 12.8. The molecule has 0 spiro atoms. The lowest BCUT2D eigenvalue weighted by Crippen LogP contribution is -2.28. The topological polar surface area (TPSA) is 12.0 Å². The molecule has 1 fully saturated rings. The van der Waals surface area contributed by atoms with E-state index in [4.69, 9.17) is 0 Å². The highest BCUT2D eigenvalue weighted by atomic mass is 32.2. The van der Waals surface area contributed by atoms with Crippen molar-refractivity contribution in [1.29, 1.82) is 0 Å². The lowest BCUT2D eigenvalue weighted by atomic mass is 9.76. The highest BCUT2D eigenvalue weighted by Crippen LogP contribution is 2.42. The maximum atomic E-state index is 3.65. The molecule has 3 rings (SSSR count). The molecule has 0 saturated heterocycles. The summed E-state index contributed by atoms with van der Waals surface area (Å²) >= 11 is 4.19. The molecule has 3 unspecified atom stereocenters. The maximum Gasteiger partial charge on any atom is 0.0441 e. The Bertz CT molecular complexity index is 417. The van der Waals surface area contributed by atoms with Gasteiger partial charge in [0.2, 0.25) is 0 Å². The van der Waals surface area contributed by atoms with E-state index in [9.17, 15) is 0 Å². The first-order chi connectivity index (χ1) is 9.81. The van der Waals surface area contributed by atoms with Crippen molar-refractivity contribution in [2.75, 3.05) is 12.8 Å². The smallest absolute Gasteiger partial charge is 0.0441 e. The summed E-state index contributed by atoms with van der Waals surface area (Å²) in [6.45, 7) is 2.36. The number of nitrogens with one attached hydrogen (secondary N) is 1. The van der Waals surface area contributed by atoms with Crippen LogP contribution in [0.2, 0.25) is 0 Å². The second-order valence-corrected chi connectivity index (χ2v) is 8.64. The first-order valence-electron chi connectivity index (χ1n) is 8.18. The van der Waals surface area contributed by atoms with Gasteiger partial charge in [-0.3, -0.25) is 0 Å². The van der Waals surface area contributed by atoms with E-state index < -0.39 is 0 Å². The van der Waals surface area contributed by atoms with Gasteiger partial charge >= 0.3 is 0 Å². The van der Waals surface area contributed by atoms with Crippen molar-refractivity contribution < 1.29 is 0 Å². The molecule has 1 saturated carbocycles. The minimum Gasteiger partial charge on any atom is -0.312 e. The fourth-order valence-corrected chi connectivity index (χ4v) is 6.52. The summed E-state index contributed by atoms with van der Waals surface area (Å²) in [6, 6.07) is 3.12. The summed E-state index contributed by atoms with van der Waals surface area (Å²) < 4.78 is 0. The second-order valence-electron chi connectivity index (χ2n) is 6.37. The Balaban J connectivity index is 1.76. The molecule has 20 heavy (non-hydrogen) atoms. The summed E-state index contributed by atoms with van der Waals surface area (Å²) in [5.41, 5.74) is 1.63. The van der Waals surface area contributed by atoms with Crippen LogP contribution in [0.1, 0.15) is 60.4 Å². The van der Waals surface area contributed by atoms with E-state index in [0.717, 1.165) is 11.8 Å². The van der Waals surface area contributed by atoms with E-state index >= 15 is 0 Å². The largest absolute Gasteiger partial charge is 0.312 e. The molecule has 2 heterocycles. The predicted octanol–water partition coefficient (Wildman–Crippen LogP) is 5.01. The minimum atomic E-state index is 0.602. The Labute approximate surface area is 131 Å². The molecule has 1 N–H and O–H groups in total. The summed E-state index contributed by atoms with van der Waals surface area (Å²) in [5.74, 6) is 4.38. The van der Waals surface area contributed by atoms with Crippen LogP contribution in [0, 0.1) is 11.8 Å². The SMILES string of the molecule is CCC1CCCC(C(NC)c2cc3c(s2)CCSC3)C1. The molecule has 1 aliphatic carbocycles. The highest BCUT2D eigenvalue weighted by molar-refractivity contribution is 7.98. The number of hydrogen-bond donors (Lipinski definition) is 1. The molecule has 2 aliphatic rings. The van der Waals surface area contributed by atoms with Gasteiger partial charge < -0.3 is 5.32 Å². The maximum absolute atomic E-state index is 3.65. The summed E-state index contributed by atoms with van der Waals surface area (Å²) in [5, 5.41) is 3.65. The van der Waals surface area contributed by atoms with E-state index in [2.05, 4.69) is 48.5 Å². The Hall–Kier alpha value is 0.01000. The molecule has 3 heteroatoms. The predicted molar refractivity (Wildman–Crippen MR) is 91.7 cm³/mol. The fraction of sp³-hybridized carbons (Fsp3) is 0.765. The van der Waals surface area contributed by atoms with Gasteiger partial charge in [-0.1, -0.05) is 26.2 Å². The summed E-state index contributed by atoms with van der Waals surface area (Å²) in [6.07, 6.45) is 8.40. The van der Waals surface area contributed by atoms with Crippen molar-refractivity contribution in [2.45, 2.75) is 57.2 Å². The van der Waals surface area contributed by atoms with Crippen molar-refractivity contribution >= 4 is 23.1 Å². The van der Waals surface area contributed by atoms with E-state index in [-0.39, 0.29) is 0 Å². The molecule has 1 aromatic heterocycles. The van der Waals surface area contributed by atoms with Gasteiger partial charge in [0, 0.05) is 21.5 Å². The van der Waals surface area contributed by atoms with Crippen molar-refractivity contribution in [1.82, 2.24) is 5.32 Å². The normalized spacial score (nSPS) is 28.1. The van der Waals surface area contributed by atoms with Gasteiger partial charge in [-0.05, 0) is 55.5 Å². The third-order valence-electron chi connectivity index (χ3n) is 5.14. The van der Waals surface area contributed by atoms with Gasteiger partial charge in [-0.15, -0.1) is 11.3 Å². The molecule has 1 aromatic rings. The average Bonchev–Trinajstić information content (AvgIpc) is 2.91. The first kappa shape index (κ1) is 14.9. The van der Waals surface area contributed by atoms with Crippen molar-refractivity contribution in [3.63, 3.8) is 0 Å². The zero-order valence-corrected chi connectivity index (χ0v) is 14.4. The second kappa shape index (κ2) is 6.85. The van der Waals surface area contributed by atoms with Gasteiger partial charge in [0.25, 0.3) is 0 Å². The lowest BCUT2D eigenvalue weighted by molar-refractivity contribution is 0.216. The van der Waals surface area contributed by atoms with E-state index in [0.29, 0.717) is 6.04 Å². The number of aryl methyl sites for hydroxylation is 1. The molecule has 0 bridgehead atoms. The monoisotopic (exact) mass is 309 g/mol. The highest BCUT2D eigenvalue weighted by Gasteiger charge is 2.29. The van der Waals surface area contributed by atoms with Gasteiger partial charge in [0.15, 0.2) is 0 Å². The third-order valence-corrected chi connectivity index (χ3v) is 7.46. The standard InChI is InChI=1S/C17H27NS2/c1-3-12-5-4-6-13(9-12)17(18-2)16-10-14-11-19-8-7-15(14)20-16/h10,12-13,17-18H,3-9,11H2,1-2H3. The molecule has 0 radical (unpaired) electrons. The summed E-state index contributed by atoms with van der Waals surface area (Å²) in [4.78, 5) is 3.28. The van der Waals surface area contributed by atoms with Crippen LogP contribution in [0.25, 0.3) is 0 Å². The number of thiophene rings is 1. The van der Waals surface area contributed by atoms with Gasteiger partial charge in [-0.2, -0.15) is 11.8 Å². The molecule has 3 atom stereocenters. The van der Waals surface area contributed by atoms with Crippen LogP contribution in [0.5, 0.6) is 0 Å². The molecule has 112 valence electrons. The molecular weight excluding hydrogens is 282 g/mol. The lowest BCUT2D eigenvalue weighted by Gasteiger charge is -2.33. The van der Waals surface area contributed by atoms with Crippen molar-refractivity contribution in [3.05, 3.63) is 21.4 Å². The van der Waals surface area contributed by atoms with Crippen LogP contribution >= 0.6 is 23.1 Å². The van der Waals surface area contributed by atoms with Crippen LogP contribution in [0.3, 0.4) is 0 Å². The van der Waals surface area contributed by atoms with Gasteiger partial charge in [-0.25, -0.2) is 0 Å². The Morgan fingerprint density at radius 1 is 1.40 bits per heavy atom. The number of rotatable bonds is 4. The zero-order chi connectivity index (χ0) is 13.9. The Morgan fingerprint density at radius 3 is 3.05 bits per heavy atom. The molecule has 0 aromatic carbocycles. The van der Waals surface area contributed by atoms with Crippen LogP contribution in [0.4, 0.5) is 0 Å². The van der Waals surface area contributed by atoms with Gasteiger partial charge in [0.1, 0.15) is 0 Å². The molecule has 1 aliphatic heterocycles. The van der Waals surface area contributed by atoms with Crippen LogP contribution in [-0.4, -0.2) is 12.8 Å². The van der Waals surface area contributed by atoms with Crippen LogP contribution in [0.15, 0.2) is 6.07 Å². The number of hydrogen-bond acceptors (Lipinski definition) is 3. The van der Waals surface area contributed by atoms with E-state index in [1.54, 1.807) is 15.3 Å². The minimum absolute atomic E-state index is 0.602. The van der Waals surface area contributed by atoms with Crippen LogP contribution < -0.4 is 5.32 Å². The number of thioether (sulfide) groups is 1. The van der Waals surface area contributed by atoms with E-state index in [1.165, 1.54) is 50.0 Å². The van der Waals surface area contributed by atoms with E-state index in [1.807, 2.05) is 0 Å². The quantitative estimate of drug-likeness (QED) is 0.838. The van der Waals surface area contributed by atoms with Crippen molar-refractivity contribution in [3.8, 4) is 0 Å².